The van der Waals surface area contributed by atoms with Crippen molar-refractivity contribution >= 4 is 37.0 Å². The van der Waals surface area contributed by atoms with Crippen LogP contribution in [-0.2, 0) is 42.4 Å². The molecular weight excluding hydrogens is 621 g/mol. The number of para-hydroxylation sites is 1. The molecule has 46 heavy (non-hydrogen) atoms. The van der Waals surface area contributed by atoms with Gasteiger partial charge in [0.2, 0.25) is 5.60 Å². The van der Waals surface area contributed by atoms with Crippen molar-refractivity contribution in [3.05, 3.63) is 54.5 Å². The fraction of sp³-hybridized carbons (Fsp3) is 0.500. The number of nitrogen functional groups attached to an aromatic ring is 1. The molecule has 0 radical (unpaired) electrons. The van der Waals surface area contributed by atoms with Crippen LogP contribution in [0.15, 0.2) is 48.8 Å². The first-order valence-electron chi connectivity index (χ1n) is 15.0. The maximum absolute atomic E-state index is 14.5. The number of nitrogens with one attached hydrogen (secondary N) is 1. The lowest BCUT2D eigenvalue weighted by atomic mass is 10.0. The topological polar surface area (TPSA) is 192 Å². The quantitative estimate of drug-likeness (QED) is 0.153. The molecule has 0 amide bonds. The van der Waals surface area contributed by atoms with Gasteiger partial charge in [0.1, 0.15) is 41.4 Å². The van der Waals surface area contributed by atoms with Gasteiger partial charge in [-0.15, -0.1) is 0 Å². The summed E-state index contributed by atoms with van der Waals surface area (Å²) in [5, 5.41) is 6.93. The van der Waals surface area contributed by atoms with E-state index < -0.39 is 67.3 Å². The van der Waals surface area contributed by atoms with Crippen molar-refractivity contribution < 1.29 is 46.9 Å². The first-order valence-corrected chi connectivity index (χ1v) is 16.5. The second kappa shape index (κ2) is 12.6. The number of aromatic nitrogens is 3. The van der Waals surface area contributed by atoms with E-state index in [0.29, 0.717) is 11.2 Å². The van der Waals surface area contributed by atoms with E-state index in [0.717, 1.165) is 0 Å². The van der Waals surface area contributed by atoms with Gasteiger partial charge in [-0.05, 0) is 52.0 Å². The number of carbonyl (C=O) groups is 3. The van der Waals surface area contributed by atoms with Crippen LogP contribution in [-0.4, -0.2) is 68.1 Å². The number of nitrogens with two attached hydrogens (primary N) is 1. The Bertz CT molecular complexity index is 1670. The number of anilines is 1. The maximum Gasteiger partial charge on any atom is 0.459 e. The van der Waals surface area contributed by atoms with E-state index in [1.54, 1.807) is 77.1 Å². The van der Waals surface area contributed by atoms with Gasteiger partial charge in [-0.3, -0.25) is 18.9 Å². The van der Waals surface area contributed by atoms with Gasteiger partial charge in [-0.2, -0.15) is 10.2 Å². The fourth-order valence-corrected chi connectivity index (χ4v) is 7.35. The molecule has 7 atom stereocenters. The summed E-state index contributed by atoms with van der Waals surface area (Å²) >= 11 is 0. The minimum Gasteiger partial charge on any atom is -0.462 e. The lowest BCUT2D eigenvalue weighted by molar-refractivity contribution is -0.177. The first kappa shape index (κ1) is 33.3. The number of benzene rings is 1. The number of ether oxygens (including phenoxy) is 4. The third kappa shape index (κ3) is 5.95. The van der Waals surface area contributed by atoms with Gasteiger partial charge in [0.15, 0.2) is 11.9 Å². The molecule has 3 aromatic rings. The summed E-state index contributed by atoms with van der Waals surface area (Å²) in [6, 6.07) is 10.4. The van der Waals surface area contributed by atoms with E-state index in [1.165, 1.54) is 17.8 Å². The Morgan fingerprint density at radius 2 is 1.78 bits per heavy atom. The molecule has 1 aromatic carbocycles. The Balaban J connectivity index is 1.56. The van der Waals surface area contributed by atoms with Crippen molar-refractivity contribution in [2.75, 3.05) is 5.73 Å². The molecule has 1 saturated carbocycles. The molecule has 5 rings (SSSR count). The number of esters is 3. The molecule has 3 heterocycles. The van der Waals surface area contributed by atoms with Gasteiger partial charge in [0.05, 0.1) is 11.8 Å². The maximum atomic E-state index is 14.5. The summed E-state index contributed by atoms with van der Waals surface area (Å²) in [7, 11) is -4.48. The van der Waals surface area contributed by atoms with E-state index in [9.17, 15) is 18.9 Å². The molecule has 248 valence electrons. The Hall–Kier alpha value is -4.04. The molecule has 3 N–H and O–H groups in total. The highest BCUT2D eigenvalue weighted by Gasteiger charge is 2.91. The van der Waals surface area contributed by atoms with E-state index in [4.69, 9.17) is 33.7 Å². The molecule has 16 heteroatoms. The molecule has 1 aliphatic carbocycles. The summed E-state index contributed by atoms with van der Waals surface area (Å²) in [5.41, 5.74) is 3.67. The van der Waals surface area contributed by atoms with Crippen LogP contribution < -0.4 is 15.3 Å². The molecule has 0 bridgehead atoms. The molecule has 2 fully saturated rings. The molecule has 1 saturated heterocycles. The molecule has 0 spiro atoms. The third-order valence-electron chi connectivity index (χ3n) is 7.84. The molecule has 1 unspecified atom stereocenters. The number of hydrogen-bond acceptors (Lipinski definition) is 13. The van der Waals surface area contributed by atoms with E-state index in [-0.39, 0.29) is 24.4 Å². The van der Waals surface area contributed by atoms with Crippen LogP contribution in [0.3, 0.4) is 0 Å². The minimum absolute atomic E-state index is 0.0000721. The van der Waals surface area contributed by atoms with Crippen LogP contribution in [0.25, 0.3) is 5.52 Å². The number of nitrogens with zero attached hydrogens (tertiary/aromatic N) is 3. The molecule has 15 nitrogen and oxygen atoms in total. The summed E-state index contributed by atoms with van der Waals surface area (Å²) in [6.45, 7) is 9.61. The van der Waals surface area contributed by atoms with Gasteiger partial charge < -0.3 is 29.2 Å². The number of rotatable bonds is 13. The van der Waals surface area contributed by atoms with Gasteiger partial charge in [0, 0.05) is 12.8 Å². The van der Waals surface area contributed by atoms with Gasteiger partial charge in [-0.25, -0.2) is 14.1 Å². The lowest BCUT2D eigenvalue weighted by Crippen LogP contribution is -2.43. The largest absolute Gasteiger partial charge is 0.462 e. The normalized spacial score (nSPS) is 27.0. The van der Waals surface area contributed by atoms with Crippen molar-refractivity contribution in [3.63, 3.8) is 0 Å². The zero-order chi connectivity index (χ0) is 33.4. The number of hydrogen-bond donors (Lipinski definition) is 2. The molecule has 2 aliphatic rings. The first-order chi connectivity index (χ1) is 21.8. The van der Waals surface area contributed by atoms with Gasteiger partial charge in [0.25, 0.3) is 0 Å². The average Bonchev–Trinajstić information content (AvgIpc) is 3.28. The summed E-state index contributed by atoms with van der Waals surface area (Å²) in [4.78, 5) is 42.6. The highest BCUT2D eigenvalue weighted by atomic mass is 31.2. The van der Waals surface area contributed by atoms with Crippen LogP contribution in [0.4, 0.5) is 5.82 Å². The second-order valence-electron chi connectivity index (χ2n) is 11.5. The van der Waals surface area contributed by atoms with Crippen molar-refractivity contribution in [2.45, 2.75) is 96.0 Å². The number of carbonyl (C=O) groups excluding carboxylic acids is 3. The smallest absolute Gasteiger partial charge is 0.459 e. The summed E-state index contributed by atoms with van der Waals surface area (Å²) in [6.07, 6.45) is -2.80. The van der Waals surface area contributed by atoms with Crippen molar-refractivity contribution in [1.29, 1.82) is 0 Å². The summed E-state index contributed by atoms with van der Waals surface area (Å²) < 4.78 is 51.8. The fourth-order valence-electron chi connectivity index (χ4n) is 5.58. The van der Waals surface area contributed by atoms with Crippen LogP contribution in [0.2, 0.25) is 0 Å². The van der Waals surface area contributed by atoms with Crippen molar-refractivity contribution in [2.24, 2.45) is 0 Å². The van der Waals surface area contributed by atoms with E-state index >= 15 is 0 Å². The van der Waals surface area contributed by atoms with Crippen LogP contribution in [0, 0.1) is 0 Å². The highest BCUT2D eigenvalue weighted by Crippen LogP contribution is 2.71. The zero-order valence-electron chi connectivity index (χ0n) is 26.4. The van der Waals surface area contributed by atoms with Crippen molar-refractivity contribution in [1.82, 2.24) is 19.7 Å². The Labute approximate surface area is 265 Å². The predicted octanol–water partition coefficient (Wildman–Crippen LogP) is 3.67. The Kier molecular flexibility index (Phi) is 9.15. The van der Waals surface area contributed by atoms with Crippen LogP contribution in [0.5, 0.6) is 5.75 Å². The molecule has 2 aromatic heterocycles. The minimum atomic E-state index is -4.48. The van der Waals surface area contributed by atoms with Crippen LogP contribution in [0.1, 0.15) is 66.2 Å². The Morgan fingerprint density at radius 1 is 1.09 bits per heavy atom. The van der Waals surface area contributed by atoms with Gasteiger partial charge >= 0.3 is 25.7 Å². The monoisotopic (exact) mass is 659 g/mol. The Morgan fingerprint density at radius 3 is 2.43 bits per heavy atom. The molecule has 1 aliphatic heterocycles. The van der Waals surface area contributed by atoms with E-state index in [2.05, 4.69) is 15.2 Å². The van der Waals surface area contributed by atoms with Crippen molar-refractivity contribution in [3.8, 4) is 5.75 Å². The lowest BCUT2D eigenvalue weighted by Gasteiger charge is -2.30. The summed E-state index contributed by atoms with van der Waals surface area (Å²) in [5.74, 6) is -1.57. The van der Waals surface area contributed by atoms with Crippen LogP contribution >= 0.6 is 7.75 Å². The average molecular weight is 660 g/mol. The zero-order valence-corrected chi connectivity index (χ0v) is 27.3. The van der Waals surface area contributed by atoms with Gasteiger partial charge in [-0.1, -0.05) is 32.0 Å². The second-order valence-corrected chi connectivity index (χ2v) is 13.1. The standard InChI is InChI=1S/C30H38N5O10P/c1-7-22(36)41-25-24(20-14-15-21-26(31)32-16-33-35(20)21)43-29(6)28(30(25,29)42-23(37)8-2)45-46(39,44-19-12-10-9-11-13-19)34-18(5)27(38)40-17(3)4/h9-18,24-25,28H,7-8H2,1-6H3,(H,34,39)(H2,31,32,33)/t18-,24-,25-,28?,29+,30+,46+/m0/s1. The molecular formula is C30H38N5O10P. The SMILES string of the molecule is CCC(=O)O[C@H]1[C@H](c2ccc3c(N)ncnn23)O[C@]2(C)C(O[P@@](=O)(N[C@@H](C)C(=O)OC(C)C)Oc3ccccc3)[C@]12OC(=O)CC. The predicted molar refractivity (Wildman–Crippen MR) is 162 cm³/mol. The highest BCUT2D eigenvalue weighted by molar-refractivity contribution is 7.52. The number of fused-ring (bicyclic) bond motifs is 2. The van der Waals surface area contributed by atoms with E-state index in [1.807, 2.05) is 0 Å². The third-order valence-corrected chi connectivity index (χ3v) is 9.49.